The average Bonchev–Trinajstić information content (AvgIpc) is 2.39. The Hall–Kier alpha value is -2.04. The van der Waals surface area contributed by atoms with Crippen molar-refractivity contribution in [1.82, 2.24) is 9.80 Å². The third-order valence-corrected chi connectivity index (χ3v) is 3.32. The van der Waals surface area contributed by atoms with E-state index in [-0.39, 0.29) is 18.4 Å². The quantitative estimate of drug-likeness (QED) is 0.830. The largest absolute Gasteiger partial charge is 0.399 e. The number of hydrogen-bond acceptors (Lipinski definition) is 3. The summed E-state index contributed by atoms with van der Waals surface area (Å²) in [5.41, 5.74) is 7.70. The maximum absolute atomic E-state index is 12.3. The SMILES string of the molecule is CCN(CC)C(=O)CN(C)C(=O)c1ccc(N)cc1C. The summed E-state index contributed by atoms with van der Waals surface area (Å²) in [6.07, 6.45) is 0. The molecule has 0 saturated carbocycles. The van der Waals surface area contributed by atoms with Gasteiger partial charge in [-0.25, -0.2) is 0 Å². The van der Waals surface area contributed by atoms with E-state index in [1.807, 2.05) is 20.8 Å². The van der Waals surface area contributed by atoms with Gasteiger partial charge < -0.3 is 15.5 Å². The highest BCUT2D eigenvalue weighted by Gasteiger charge is 2.19. The van der Waals surface area contributed by atoms with E-state index in [2.05, 4.69) is 0 Å². The van der Waals surface area contributed by atoms with Crippen LogP contribution in [0.3, 0.4) is 0 Å². The van der Waals surface area contributed by atoms with Crippen LogP contribution in [0.4, 0.5) is 5.69 Å². The molecule has 0 atom stereocenters. The number of hydrogen-bond donors (Lipinski definition) is 1. The molecular formula is C15H23N3O2. The van der Waals surface area contributed by atoms with E-state index in [1.54, 1.807) is 30.1 Å². The Bertz CT molecular complexity index is 496. The molecule has 2 amide bonds. The van der Waals surface area contributed by atoms with E-state index < -0.39 is 0 Å². The van der Waals surface area contributed by atoms with Gasteiger partial charge in [-0.05, 0) is 44.5 Å². The molecule has 0 aliphatic carbocycles. The Morgan fingerprint density at radius 1 is 1.20 bits per heavy atom. The molecule has 5 nitrogen and oxygen atoms in total. The standard InChI is InChI=1S/C15H23N3O2/c1-5-18(6-2)14(19)10-17(4)15(20)13-8-7-12(16)9-11(13)3/h7-9H,5-6,10,16H2,1-4H3. The molecule has 5 heteroatoms. The van der Waals surface area contributed by atoms with Gasteiger partial charge in [-0.3, -0.25) is 9.59 Å². The van der Waals surface area contributed by atoms with Gasteiger partial charge in [-0.2, -0.15) is 0 Å². The average molecular weight is 277 g/mol. The van der Waals surface area contributed by atoms with Crippen molar-refractivity contribution in [3.8, 4) is 0 Å². The molecule has 0 radical (unpaired) electrons. The molecule has 0 aromatic heterocycles. The van der Waals surface area contributed by atoms with Crippen LogP contribution in [0.2, 0.25) is 0 Å². The number of aryl methyl sites for hydroxylation is 1. The van der Waals surface area contributed by atoms with Crippen molar-refractivity contribution in [3.63, 3.8) is 0 Å². The van der Waals surface area contributed by atoms with E-state index in [9.17, 15) is 9.59 Å². The van der Waals surface area contributed by atoms with Gasteiger partial charge in [0.25, 0.3) is 5.91 Å². The molecule has 110 valence electrons. The number of carbonyl (C=O) groups is 2. The minimum Gasteiger partial charge on any atom is -0.399 e. The maximum atomic E-state index is 12.3. The molecule has 1 aromatic rings. The van der Waals surface area contributed by atoms with Crippen molar-refractivity contribution < 1.29 is 9.59 Å². The van der Waals surface area contributed by atoms with Crippen LogP contribution in [0.15, 0.2) is 18.2 Å². The highest BCUT2D eigenvalue weighted by Crippen LogP contribution is 2.14. The Morgan fingerprint density at radius 3 is 2.30 bits per heavy atom. The Labute approximate surface area is 120 Å². The lowest BCUT2D eigenvalue weighted by Gasteiger charge is -2.23. The second kappa shape index (κ2) is 6.93. The van der Waals surface area contributed by atoms with E-state index in [0.29, 0.717) is 24.3 Å². The van der Waals surface area contributed by atoms with Crippen LogP contribution in [0.1, 0.15) is 29.8 Å². The molecule has 1 aromatic carbocycles. The van der Waals surface area contributed by atoms with E-state index in [4.69, 9.17) is 5.73 Å². The summed E-state index contributed by atoms with van der Waals surface area (Å²) in [5, 5.41) is 0. The minimum absolute atomic E-state index is 0.0426. The molecule has 2 N–H and O–H groups in total. The van der Waals surface area contributed by atoms with Crippen molar-refractivity contribution in [2.75, 3.05) is 32.4 Å². The van der Waals surface area contributed by atoms with Gasteiger partial charge in [0.05, 0.1) is 6.54 Å². The van der Waals surface area contributed by atoms with Gasteiger partial charge in [0.15, 0.2) is 0 Å². The fourth-order valence-electron chi connectivity index (χ4n) is 2.08. The summed E-state index contributed by atoms with van der Waals surface area (Å²) in [6.45, 7) is 7.07. The summed E-state index contributed by atoms with van der Waals surface area (Å²) >= 11 is 0. The number of likely N-dealkylation sites (N-methyl/N-ethyl adjacent to an activating group) is 2. The van der Waals surface area contributed by atoms with E-state index >= 15 is 0 Å². The summed E-state index contributed by atoms with van der Waals surface area (Å²) in [4.78, 5) is 27.5. The predicted molar refractivity (Wildman–Crippen MR) is 80.5 cm³/mol. The zero-order valence-corrected chi connectivity index (χ0v) is 12.6. The van der Waals surface area contributed by atoms with Crippen molar-refractivity contribution >= 4 is 17.5 Å². The van der Waals surface area contributed by atoms with Gasteiger partial charge in [0.2, 0.25) is 5.91 Å². The molecule has 1 rings (SSSR count). The summed E-state index contributed by atoms with van der Waals surface area (Å²) in [6, 6.07) is 5.15. The third kappa shape index (κ3) is 3.73. The first-order chi connectivity index (χ1) is 9.40. The predicted octanol–water partition coefficient (Wildman–Crippen LogP) is 1.52. The zero-order chi connectivity index (χ0) is 15.3. The van der Waals surface area contributed by atoms with Crippen molar-refractivity contribution in [2.24, 2.45) is 0 Å². The van der Waals surface area contributed by atoms with E-state index in [0.717, 1.165) is 5.56 Å². The highest BCUT2D eigenvalue weighted by atomic mass is 16.2. The molecule has 0 aliphatic rings. The number of carbonyl (C=O) groups excluding carboxylic acids is 2. The topological polar surface area (TPSA) is 66.6 Å². The second-order valence-electron chi connectivity index (χ2n) is 4.80. The smallest absolute Gasteiger partial charge is 0.254 e. The van der Waals surface area contributed by atoms with Crippen LogP contribution in [0.5, 0.6) is 0 Å². The molecule has 0 aliphatic heterocycles. The fourth-order valence-corrected chi connectivity index (χ4v) is 2.08. The molecule has 0 unspecified atom stereocenters. The van der Waals surface area contributed by atoms with Crippen LogP contribution in [-0.4, -0.2) is 48.3 Å². The van der Waals surface area contributed by atoms with Crippen LogP contribution in [0, 0.1) is 6.92 Å². The summed E-state index contributed by atoms with van der Waals surface area (Å²) in [7, 11) is 1.64. The van der Waals surface area contributed by atoms with Gasteiger partial charge in [0, 0.05) is 31.4 Å². The summed E-state index contributed by atoms with van der Waals surface area (Å²) in [5.74, 6) is -0.207. The van der Waals surface area contributed by atoms with Crippen LogP contribution in [0.25, 0.3) is 0 Å². The first-order valence-electron chi connectivity index (χ1n) is 6.80. The number of anilines is 1. The van der Waals surface area contributed by atoms with E-state index in [1.165, 1.54) is 4.90 Å². The first-order valence-corrected chi connectivity index (χ1v) is 6.80. The van der Waals surface area contributed by atoms with Crippen LogP contribution < -0.4 is 5.73 Å². The molecule has 0 heterocycles. The number of benzene rings is 1. The van der Waals surface area contributed by atoms with Crippen molar-refractivity contribution in [3.05, 3.63) is 29.3 Å². The molecule has 0 bridgehead atoms. The molecule has 0 spiro atoms. The highest BCUT2D eigenvalue weighted by molar-refractivity contribution is 5.97. The number of amides is 2. The van der Waals surface area contributed by atoms with Crippen LogP contribution >= 0.6 is 0 Å². The molecule has 0 fully saturated rings. The molecular weight excluding hydrogens is 254 g/mol. The third-order valence-electron chi connectivity index (χ3n) is 3.32. The number of nitrogens with two attached hydrogens (primary N) is 1. The van der Waals surface area contributed by atoms with Crippen molar-refractivity contribution in [1.29, 1.82) is 0 Å². The Kier molecular flexibility index (Phi) is 5.55. The number of rotatable bonds is 5. The van der Waals surface area contributed by atoms with Crippen molar-refractivity contribution in [2.45, 2.75) is 20.8 Å². The summed E-state index contributed by atoms with van der Waals surface area (Å²) < 4.78 is 0. The van der Waals surface area contributed by atoms with Crippen LogP contribution in [-0.2, 0) is 4.79 Å². The zero-order valence-electron chi connectivity index (χ0n) is 12.6. The van der Waals surface area contributed by atoms with Gasteiger partial charge in [-0.15, -0.1) is 0 Å². The molecule has 0 saturated heterocycles. The second-order valence-corrected chi connectivity index (χ2v) is 4.80. The number of nitrogens with zero attached hydrogens (tertiary/aromatic N) is 2. The lowest BCUT2D eigenvalue weighted by atomic mass is 10.1. The fraction of sp³-hybridized carbons (Fsp3) is 0.467. The maximum Gasteiger partial charge on any atom is 0.254 e. The normalized spacial score (nSPS) is 10.2. The Balaban J connectivity index is 2.79. The lowest BCUT2D eigenvalue weighted by Crippen LogP contribution is -2.41. The molecule has 20 heavy (non-hydrogen) atoms. The van der Waals surface area contributed by atoms with Gasteiger partial charge >= 0.3 is 0 Å². The Morgan fingerprint density at radius 2 is 1.80 bits per heavy atom. The van der Waals surface area contributed by atoms with Gasteiger partial charge in [-0.1, -0.05) is 0 Å². The first kappa shape index (κ1) is 16.0. The number of nitrogen functional groups attached to an aromatic ring is 1. The monoisotopic (exact) mass is 277 g/mol. The lowest BCUT2D eigenvalue weighted by molar-refractivity contribution is -0.131. The van der Waals surface area contributed by atoms with Gasteiger partial charge in [0.1, 0.15) is 0 Å². The minimum atomic E-state index is -0.164.